The van der Waals surface area contributed by atoms with E-state index in [4.69, 9.17) is 4.74 Å². The quantitative estimate of drug-likeness (QED) is 0.486. The number of amides is 2. The second kappa shape index (κ2) is 8.48. The van der Waals surface area contributed by atoms with Gasteiger partial charge in [-0.15, -0.1) is 0 Å². The average Bonchev–Trinajstić information content (AvgIpc) is 3.23. The SMILES string of the molecule is CN1C(=O)[C@@H](NC(=O)c2cccc(C#Cc3cnc4cccnn34)c2)COc2ccccc21. The van der Waals surface area contributed by atoms with Gasteiger partial charge in [-0.2, -0.15) is 5.10 Å². The molecule has 1 N–H and O–H groups in total. The lowest BCUT2D eigenvalue weighted by atomic mass is 10.1. The van der Waals surface area contributed by atoms with Crippen molar-refractivity contribution in [3.63, 3.8) is 0 Å². The molecule has 2 amide bonds. The molecule has 8 nitrogen and oxygen atoms in total. The standard InChI is InChI=1S/C25H19N5O3/c1-29-21-8-2-3-9-22(21)33-16-20(25(29)32)28-24(31)18-7-4-6-17(14-18)11-12-19-15-26-23-10-5-13-27-30(19)23/h2-10,13-15,20H,16H2,1H3,(H,28,31)/t20-/m0/s1. The van der Waals surface area contributed by atoms with Gasteiger partial charge in [0.15, 0.2) is 5.65 Å². The molecule has 2 aromatic carbocycles. The highest BCUT2D eigenvalue weighted by molar-refractivity contribution is 6.03. The van der Waals surface area contributed by atoms with Crippen LogP contribution in [0.5, 0.6) is 5.75 Å². The summed E-state index contributed by atoms with van der Waals surface area (Å²) in [6, 6.07) is 17.0. The lowest BCUT2D eigenvalue weighted by Gasteiger charge is -2.20. The Kier molecular flexibility index (Phi) is 5.21. The van der Waals surface area contributed by atoms with Crippen molar-refractivity contribution in [1.82, 2.24) is 19.9 Å². The number of para-hydroxylation sites is 2. The number of hydrogen-bond donors (Lipinski definition) is 1. The van der Waals surface area contributed by atoms with E-state index in [0.29, 0.717) is 33.9 Å². The molecule has 1 atom stereocenters. The number of rotatable bonds is 2. The maximum atomic E-state index is 12.9. The first-order chi connectivity index (χ1) is 16.1. The molecule has 5 rings (SSSR count). The molecule has 0 unspecified atom stereocenters. The number of fused-ring (bicyclic) bond motifs is 2. The van der Waals surface area contributed by atoms with Gasteiger partial charge in [-0.1, -0.05) is 24.1 Å². The predicted molar refractivity (Wildman–Crippen MR) is 122 cm³/mol. The van der Waals surface area contributed by atoms with Gasteiger partial charge in [0, 0.05) is 24.4 Å². The maximum absolute atomic E-state index is 12.9. The van der Waals surface area contributed by atoms with Crippen molar-refractivity contribution in [2.45, 2.75) is 6.04 Å². The van der Waals surface area contributed by atoms with Gasteiger partial charge in [-0.05, 0) is 48.4 Å². The number of hydrogen-bond acceptors (Lipinski definition) is 5. The van der Waals surface area contributed by atoms with Crippen molar-refractivity contribution in [3.8, 4) is 17.6 Å². The first-order valence-electron chi connectivity index (χ1n) is 10.3. The van der Waals surface area contributed by atoms with Gasteiger partial charge in [0.1, 0.15) is 24.1 Å². The fraction of sp³-hybridized carbons (Fsp3) is 0.120. The third-order valence-corrected chi connectivity index (χ3v) is 5.30. The monoisotopic (exact) mass is 437 g/mol. The molecule has 0 spiro atoms. The van der Waals surface area contributed by atoms with Crippen molar-refractivity contribution in [2.24, 2.45) is 0 Å². The average molecular weight is 437 g/mol. The number of carbonyl (C=O) groups excluding carboxylic acids is 2. The van der Waals surface area contributed by atoms with Crippen molar-refractivity contribution < 1.29 is 14.3 Å². The van der Waals surface area contributed by atoms with E-state index >= 15 is 0 Å². The highest BCUT2D eigenvalue weighted by Gasteiger charge is 2.30. The lowest BCUT2D eigenvalue weighted by molar-refractivity contribution is -0.120. The van der Waals surface area contributed by atoms with Crippen molar-refractivity contribution in [3.05, 3.63) is 89.9 Å². The Balaban J connectivity index is 1.33. The zero-order valence-corrected chi connectivity index (χ0v) is 17.7. The largest absolute Gasteiger partial charge is 0.489 e. The highest BCUT2D eigenvalue weighted by atomic mass is 16.5. The molecule has 0 aliphatic carbocycles. The Hall–Kier alpha value is -4.64. The van der Waals surface area contributed by atoms with Crippen LogP contribution in [0.3, 0.4) is 0 Å². The highest BCUT2D eigenvalue weighted by Crippen LogP contribution is 2.29. The Morgan fingerprint density at radius 1 is 1.12 bits per heavy atom. The number of likely N-dealkylation sites (N-methyl/N-ethyl adjacent to an activating group) is 1. The van der Waals surface area contributed by atoms with Crippen LogP contribution in [0.4, 0.5) is 5.69 Å². The molecule has 162 valence electrons. The fourth-order valence-electron chi connectivity index (χ4n) is 3.59. The molecule has 0 fully saturated rings. The van der Waals surface area contributed by atoms with Gasteiger partial charge in [0.25, 0.3) is 11.8 Å². The van der Waals surface area contributed by atoms with Crippen LogP contribution in [0.1, 0.15) is 21.6 Å². The maximum Gasteiger partial charge on any atom is 0.252 e. The molecule has 8 heteroatoms. The molecule has 3 heterocycles. The molecule has 4 aromatic rings. The second-order valence-corrected chi connectivity index (χ2v) is 7.47. The van der Waals surface area contributed by atoms with E-state index in [-0.39, 0.29) is 18.4 Å². The lowest BCUT2D eigenvalue weighted by Crippen LogP contribution is -2.49. The van der Waals surface area contributed by atoms with Gasteiger partial charge in [-0.25, -0.2) is 9.50 Å². The second-order valence-electron chi connectivity index (χ2n) is 7.47. The number of nitrogens with zero attached hydrogens (tertiary/aromatic N) is 4. The summed E-state index contributed by atoms with van der Waals surface area (Å²) in [4.78, 5) is 31.5. The van der Waals surface area contributed by atoms with Crippen LogP contribution >= 0.6 is 0 Å². The van der Waals surface area contributed by atoms with Gasteiger partial charge < -0.3 is 15.0 Å². The van der Waals surface area contributed by atoms with Crippen molar-refractivity contribution in [2.75, 3.05) is 18.6 Å². The summed E-state index contributed by atoms with van der Waals surface area (Å²) in [7, 11) is 1.67. The summed E-state index contributed by atoms with van der Waals surface area (Å²) in [6.07, 6.45) is 3.32. The van der Waals surface area contributed by atoms with E-state index < -0.39 is 6.04 Å². The number of benzene rings is 2. The minimum Gasteiger partial charge on any atom is -0.489 e. The molecular weight excluding hydrogens is 418 g/mol. The molecule has 0 bridgehead atoms. The summed E-state index contributed by atoms with van der Waals surface area (Å²) in [6.45, 7) is 0.0483. The Morgan fingerprint density at radius 2 is 2.00 bits per heavy atom. The van der Waals surface area contributed by atoms with Crippen LogP contribution in [0, 0.1) is 11.8 Å². The summed E-state index contributed by atoms with van der Waals surface area (Å²) >= 11 is 0. The van der Waals surface area contributed by atoms with E-state index in [0.717, 1.165) is 0 Å². The molecule has 0 radical (unpaired) electrons. The van der Waals surface area contributed by atoms with Gasteiger partial charge >= 0.3 is 0 Å². The van der Waals surface area contributed by atoms with Crippen LogP contribution in [-0.4, -0.2) is 46.1 Å². The third-order valence-electron chi connectivity index (χ3n) is 5.30. The van der Waals surface area contributed by atoms with Crippen molar-refractivity contribution >= 4 is 23.1 Å². The zero-order valence-electron chi connectivity index (χ0n) is 17.7. The first-order valence-corrected chi connectivity index (χ1v) is 10.3. The molecular formula is C25H19N5O3. The molecule has 1 aliphatic heterocycles. The molecule has 0 saturated heterocycles. The minimum atomic E-state index is -0.811. The van der Waals surface area contributed by atoms with Crippen LogP contribution in [0.25, 0.3) is 5.65 Å². The van der Waals surface area contributed by atoms with Crippen LogP contribution in [0.15, 0.2) is 73.1 Å². The fourth-order valence-corrected chi connectivity index (χ4v) is 3.59. The van der Waals surface area contributed by atoms with Crippen LogP contribution in [0.2, 0.25) is 0 Å². The number of imidazole rings is 1. The van der Waals surface area contributed by atoms with Crippen molar-refractivity contribution in [1.29, 1.82) is 0 Å². The van der Waals surface area contributed by atoms with Gasteiger partial charge in [0.05, 0.1) is 11.9 Å². The summed E-state index contributed by atoms with van der Waals surface area (Å²) in [5.74, 6) is 6.06. The number of aromatic nitrogens is 3. The van der Waals surface area contributed by atoms with E-state index in [1.54, 1.807) is 54.3 Å². The number of carbonyl (C=O) groups is 2. The Morgan fingerprint density at radius 3 is 2.91 bits per heavy atom. The number of ether oxygens (including phenoxy) is 1. The normalized spacial score (nSPS) is 15.1. The van der Waals surface area contributed by atoms with E-state index in [2.05, 4.69) is 27.2 Å². The molecule has 33 heavy (non-hydrogen) atoms. The predicted octanol–water partition coefficient (Wildman–Crippen LogP) is 2.28. The number of anilines is 1. The van der Waals surface area contributed by atoms with Crippen LogP contribution in [-0.2, 0) is 4.79 Å². The third kappa shape index (κ3) is 4.00. The summed E-state index contributed by atoms with van der Waals surface area (Å²) in [5, 5.41) is 7.02. The van der Waals surface area contributed by atoms with E-state index in [1.807, 2.05) is 30.3 Å². The topological polar surface area (TPSA) is 88.8 Å². The molecule has 0 saturated carbocycles. The first kappa shape index (κ1) is 20.3. The van der Waals surface area contributed by atoms with E-state index in [9.17, 15) is 9.59 Å². The van der Waals surface area contributed by atoms with Gasteiger partial charge in [0.2, 0.25) is 0 Å². The molecule has 1 aliphatic rings. The van der Waals surface area contributed by atoms with Crippen LogP contribution < -0.4 is 15.0 Å². The zero-order chi connectivity index (χ0) is 22.8. The minimum absolute atomic E-state index is 0.0483. The number of nitrogens with one attached hydrogen (secondary N) is 1. The Bertz CT molecular complexity index is 1430. The van der Waals surface area contributed by atoms with Gasteiger partial charge in [-0.3, -0.25) is 9.59 Å². The smallest absolute Gasteiger partial charge is 0.252 e. The Labute approximate surface area is 189 Å². The van der Waals surface area contributed by atoms with E-state index in [1.165, 1.54) is 4.90 Å². The molecule has 2 aromatic heterocycles. The summed E-state index contributed by atoms with van der Waals surface area (Å²) in [5.41, 5.74) is 3.07. The summed E-state index contributed by atoms with van der Waals surface area (Å²) < 4.78 is 7.41.